The van der Waals surface area contributed by atoms with E-state index in [1.54, 1.807) is 0 Å². The molecule has 1 N–H and O–H groups in total. The van der Waals surface area contributed by atoms with E-state index in [0.29, 0.717) is 0 Å². The maximum Gasteiger partial charge on any atom is 0.416 e. The number of methoxy groups -OCH3 is 1. The summed E-state index contributed by atoms with van der Waals surface area (Å²) in [5.41, 5.74) is -4.94. The maximum atomic E-state index is 12.8. The van der Waals surface area contributed by atoms with Gasteiger partial charge in [0.25, 0.3) is 10.1 Å². The first-order chi connectivity index (χ1) is 9.28. The lowest BCUT2D eigenvalue weighted by Crippen LogP contribution is -2.19. The van der Waals surface area contributed by atoms with Gasteiger partial charge in [-0.1, -0.05) is 0 Å². The van der Waals surface area contributed by atoms with Gasteiger partial charge in [0.15, 0.2) is 0 Å². The van der Waals surface area contributed by atoms with Crippen LogP contribution in [-0.2, 0) is 33.8 Å². The van der Waals surface area contributed by atoms with Crippen LogP contribution in [0.2, 0.25) is 0 Å². The fourth-order valence-electron chi connectivity index (χ4n) is 1.60. The maximum absolute atomic E-state index is 12.8. The Labute approximate surface area is 115 Å². The fourth-order valence-corrected chi connectivity index (χ4v) is 2.13. The second kappa shape index (κ2) is 5.46. The first-order valence-corrected chi connectivity index (χ1v) is 6.50. The first-order valence-electron chi connectivity index (χ1n) is 5.06. The lowest BCUT2D eigenvalue weighted by molar-refractivity contribution is -0.145. The highest BCUT2D eigenvalue weighted by Gasteiger charge is 2.42. The third-order valence-electron chi connectivity index (χ3n) is 2.42. The van der Waals surface area contributed by atoms with E-state index in [0.717, 1.165) is 7.11 Å². The van der Waals surface area contributed by atoms with Crippen LogP contribution in [0.3, 0.4) is 0 Å². The minimum absolute atomic E-state index is 0.0705. The molecule has 0 aliphatic heterocycles. The van der Waals surface area contributed by atoms with Crippen molar-refractivity contribution in [2.45, 2.75) is 23.9 Å². The SMILES string of the molecule is COCc1c(C(F)(F)F)cc(S(=O)(=O)O)cc1C(F)(F)F. The van der Waals surface area contributed by atoms with Crippen molar-refractivity contribution in [3.05, 3.63) is 28.8 Å². The molecule has 0 atom stereocenters. The van der Waals surface area contributed by atoms with Gasteiger partial charge in [0.05, 0.1) is 22.6 Å². The van der Waals surface area contributed by atoms with E-state index in [1.807, 2.05) is 0 Å². The Morgan fingerprint density at radius 1 is 1.05 bits per heavy atom. The summed E-state index contributed by atoms with van der Waals surface area (Å²) in [6.45, 7) is -1.03. The van der Waals surface area contributed by atoms with Gasteiger partial charge < -0.3 is 4.74 Å². The molecule has 1 aromatic carbocycles. The number of alkyl halides is 6. The molecule has 0 spiro atoms. The van der Waals surface area contributed by atoms with E-state index in [4.69, 9.17) is 4.55 Å². The average Bonchev–Trinajstić information content (AvgIpc) is 2.24. The molecule has 0 bridgehead atoms. The van der Waals surface area contributed by atoms with Crippen LogP contribution in [0.1, 0.15) is 16.7 Å². The van der Waals surface area contributed by atoms with Crippen molar-refractivity contribution in [2.24, 2.45) is 0 Å². The van der Waals surface area contributed by atoms with Gasteiger partial charge in [0.1, 0.15) is 0 Å². The first kappa shape index (κ1) is 17.7. The van der Waals surface area contributed by atoms with Crippen molar-refractivity contribution in [1.29, 1.82) is 0 Å². The van der Waals surface area contributed by atoms with Gasteiger partial charge >= 0.3 is 12.4 Å². The molecule has 11 heteroatoms. The van der Waals surface area contributed by atoms with Crippen LogP contribution in [0.15, 0.2) is 17.0 Å². The summed E-state index contributed by atoms with van der Waals surface area (Å²) >= 11 is 0. The molecule has 21 heavy (non-hydrogen) atoms. The predicted molar refractivity (Wildman–Crippen MR) is 57.0 cm³/mol. The monoisotopic (exact) mass is 338 g/mol. The number of ether oxygens (including phenoxy) is 1. The van der Waals surface area contributed by atoms with Crippen molar-refractivity contribution in [1.82, 2.24) is 0 Å². The van der Waals surface area contributed by atoms with Crippen molar-refractivity contribution < 1.29 is 44.0 Å². The molecule has 1 rings (SSSR count). The van der Waals surface area contributed by atoms with E-state index in [2.05, 4.69) is 4.74 Å². The minimum Gasteiger partial charge on any atom is -0.380 e. The molecule has 1 aromatic rings. The summed E-state index contributed by atoms with van der Waals surface area (Å²) in [6, 6.07) is -0.141. The standard InChI is InChI=1S/C10H8F6O4S/c1-20-4-6-7(9(11,12)13)2-5(21(17,18)19)3-8(6)10(14,15)16/h2-3H,4H2,1H3,(H,17,18,19). The second-order valence-corrected chi connectivity index (χ2v) is 5.32. The smallest absolute Gasteiger partial charge is 0.380 e. The number of halogens is 6. The summed E-state index contributed by atoms with van der Waals surface area (Å²) in [6.07, 6.45) is -10.5. The summed E-state index contributed by atoms with van der Waals surface area (Å²) < 4.78 is 112. The van der Waals surface area contributed by atoms with Gasteiger partial charge in [0, 0.05) is 12.7 Å². The zero-order valence-corrected chi connectivity index (χ0v) is 11.0. The number of rotatable bonds is 3. The van der Waals surface area contributed by atoms with Crippen LogP contribution in [-0.4, -0.2) is 20.1 Å². The Hall–Kier alpha value is -1.33. The zero-order chi connectivity index (χ0) is 16.6. The number of hydrogen-bond acceptors (Lipinski definition) is 3. The highest BCUT2D eigenvalue weighted by Crippen LogP contribution is 2.41. The molecule has 120 valence electrons. The lowest BCUT2D eigenvalue weighted by atomic mass is 10.0. The lowest BCUT2D eigenvalue weighted by Gasteiger charge is -2.19. The molecule has 0 aliphatic rings. The Kier molecular flexibility index (Phi) is 4.61. The Morgan fingerprint density at radius 3 is 1.67 bits per heavy atom. The second-order valence-electron chi connectivity index (χ2n) is 3.90. The van der Waals surface area contributed by atoms with E-state index < -0.39 is 50.7 Å². The van der Waals surface area contributed by atoms with Crippen molar-refractivity contribution in [2.75, 3.05) is 7.11 Å². The molecule has 4 nitrogen and oxygen atoms in total. The largest absolute Gasteiger partial charge is 0.416 e. The molecule has 0 fully saturated rings. The predicted octanol–water partition coefficient (Wildman–Crippen LogP) is 3.12. The van der Waals surface area contributed by atoms with E-state index in [-0.39, 0.29) is 12.1 Å². The van der Waals surface area contributed by atoms with Gasteiger partial charge in [-0.3, -0.25) is 4.55 Å². The highest BCUT2D eigenvalue weighted by molar-refractivity contribution is 7.85. The van der Waals surface area contributed by atoms with Crippen molar-refractivity contribution >= 4 is 10.1 Å². The number of benzene rings is 1. The Balaban J connectivity index is 3.84. The van der Waals surface area contributed by atoms with Gasteiger partial charge in [0.2, 0.25) is 0 Å². The van der Waals surface area contributed by atoms with Crippen molar-refractivity contribution in [3.8, 4) is 0 Å². The third kappa shape index (κ3) is 4.08. The average molecular weight is 338 g/mol. The Morgan fingerprint density at radius 2 is 1.43 bits per heavy atom. The van der Waals surface area contributed by atoms with Gasteiger partial charge in [-0.25, -0.2) is 0 Å². The molecule has 0 amide bonds. The summed E-state index contributed by atoms with van der Waals surface area (Å²) in [4.78, 5) is -1.50. The summed E-state index contributed by atoms with van der Waals surface area (Å²) in [5.74, 6) is 0. The topological polar surface area (TPSA) is 63.6 Å². The highest BCUT2D eigenvalue weighted by atomic mass is 32.2. The van der Waals surface area contributed by atoms with Crippen LogP contribution in [0, 0.1) is 0 Å². The zero-order valence-electron chi connectivity index (χ0n) is 10.2. The van der Waals surface area contributed by atoms with Crippen LogP contribution >= 0.6 is 0 Å². The van der Waals surface area contributed by atoms with Gasteiger partial charge in [-0.2, -0.15) is 34.8 Å². The molecule has 0 unspecified atom stereocenters. The number of hydrogen-bond donors (Lipinski definition) is 1. The van der Waals surface area contributed by atoms with Crippen molar-refractivity contribution in [3.63, 3.8) is 0 Å². The van der Waals surface area contributed by atoms with Gasteiger partial charge in [-0.15, -0.1) is 0 Å². The molecule has 0 aromatic heterocycles. The molecular formula is C10H8F6O4S. The van der Waals surface area contributed by atoms with Crippen LogP contribution < -0.4 is 0 Å². The van der Waals surface area contributed by atoms with E-state index >= 15 is 0 Å². The van der Waals surface area contributed by atoms with Crippen LogP contribution in [0.4, 0.5) is 26.3 Å². The Bertz CT molecular complexity index is 597. The summed E-state index contributed by atoms with van der Waals surface area (Å²) in [5, 5.41) is 0. The summed E-state index contributed by atoms with van der Waals surface area (Å²) in [7, 11) is -4.35. The van der Waals surface area contributed by atoms with Gasteiger partial charge in [-0.05, 0) is 12.1 Å². The van der Waals surface area contributed by atoms with E-state index in [9.17, 15) is 34.8 Å². The molecular weight excluding hydrogens is 330 g/mol. The van der Waals surface area contributed by atoms with Crippen LogP contribution in [0.25, 0.3) is 0 Å². The van der Waals surface area contributed by atoms with E-state index in [1.165, 1.54) is 0 Å². The third-order valence-corrected chi connectivity index (χ3v) is 3.25. The quantitative estimate of drug-likeness (QED) is 0.679. The molecule has 0 saturated heterocycles. The fraction of sp³-hybridized carbons (Fsp3) is 0.400. The molecule has 0 heterocycles. The molecule has 0 radical (unpaired) electrons. The normalized spacial score (nSPS) is 13.5. The molecule has 0 aliphatic carbocycles. The minimum atomic E-state index is -5.26. The van der Waals surface area contributed by atoms with Crippen LogP contribution in [0.5, 0.6) is 0 Å². The molecule has 0 saturated carbocycles.